The van der Waals surface area contributed by atoms with Crippen LogP contribution in [-0.2, 0) is 19.1 Å². The number of phenolic OH excluding ortho intramolecular Hbond substituents is 2. The minimum atomic E-state index is -0.668. The van der Waals surface area contributed by atoms with Crippen molar-refractivity contribution in [2.75, 3.05) is 47.4 Å². The molecule has 50 heavy (non-hydrogen) atoms. The molecule has 9 nitrogen and oxygen atoms in total. The van der Waals surface area contributed by atoms with Crippen LogP contribution in [0.15, 0.2) is 42.5 Å². The zero-order valence-corrected chi connectivity index (χ0v) is 30.7. The fourth-order valence-corrected chi connectivity index (χ4v) is 11.2. The van der Waals surface area contributed by atoms with Crippen LogP contribution in [0.5, 0.6) is 17.2 Å². The Balaban J connectivity index is 1.21. The minimum Gasteiger partial charge on any atom is -0.508 e. The van der Waals surface area contributed by atoms with E-state index in [0.717, 1.165) is 50.1 Å². The number of nitrogens with zero attached hydrogens (tertiary/aromatic N) is 2. The molecule has 0 aromatic heterocycles. The third kappa shape index (κ3) is 6.16. The van der Waals surface area contributed by atoms with E-state index < -0.39 is 23.7 Å². The molecule has 3 aliphatic carbocycles. The fraction of sp³-hybridized carbons (Fsp3) is 0.659. The van der Waals surface area contributed by atoms with Crippen LogP contribution in [0.4, 0.5) is 0 Å². The van der Waals surface area contributed by atoms with Crippen LogP contribution in [-0.4, -0.2) is 91.5 Å². The predicted molar refractivity (Wildman–Crippen MR) is 190 cm³/mol. The molecular formula is C41H56N2O7. The van der Waals surface area contributed by atoms with E-state index in [-0.39, 0.29) is 53.2 Å². The Morgan fingerprint density at radius 2 is 1.12 bits per heavy atom. The zero-order chi connectivity index (χ0) is 35.6. The summed E-state index contributed by atoms with van der Waals surface area (Å²) >= 11 is 0. The first-order chi connectivity index (χ1) is 23.9. The Hall–Kier alpha value is -3.30. The summed E-state index contributed by atoms with van der Waals surface area (Å²) in [5.74, 6) is 0.851. The van der Waals surface area contributed by atoms with Gasteiger partial charge in [0.1, 0.15) is 18.0 Å². The van der Waals surface area contributed by atoms with E-state index in [1.165, 1.54) is 7.11 Å². The number of rotatable bonds is 7. The summed E-state index contributed by atoms with van der Waals surface area (Å²) < 4.78 is 18.6. The van der Waals surface area contributed by atoms with Crippen molar-refractivity contribution in [1.29, 1.82) is 0 Å². The SMILES string of the molecule is COc1cc(C2[C@H](C(=O)O[C@@H]3C[C@@H]4[C@H](CN(C)C[C@@H]4C)[C@@H]3C)C(c3ccc(O)cc3)[C@H]2C(=O)O[C@@H]2C[C@@H]3[C@H](CN(C)C[C@@H]3C)[C@@H]2C)ccc1O. The second-order valence-electron chi connectivity index (χ2n) is 16.8. The van der Waals surface area contributed by atoms with Gasteiger partial charge in [0.25, 0.3) is 0 Å². The maximum Gasteiger partial charge on any atom is 0.310 e. The molecule has 12 atom stereocenters. The number of ether oxygens (including phenoxy) is 3. The molecule has 2 N–H and O–H groups in total. The van der Waals surface area contributed by atoms with Gasteiger partial charge >= 0.3 is 11.9 Å². The van der Waals surface area contributed by atoms with E-state index in [4.69, 9.17) is 14.2 Å². The molecule has 9 heteroatoms. The van der Waals surface area contributed by atoms with Crippen molar-refractivity contribution in [2.45, 2.75) is 64.6 Å². The number of aromatic hydroxyl groups is 2. The van der Waals surface area contributed by atoms with Gasteiger partial charge in [0.15, 0.2) is 11.5 Å². The number of carbonyl (C=O) groups excluding carboxylic acids is 2. The molecule has 0 radical (unpaired) electrons. The molecule has 2 saturated heterocycles. The molecule has 0 spiro atoms. The molecule has 2 aromatic rings. The van der Waals surface area contributed by atoms with Gasteiger partial charge in [-0.05, 0) is 110 Å². The molecule has 5 fully saturated rings. The van der Waals surface area contributed by atoms with E-state index in [9.17, 15) is 19.8 Å². The first kappa shape index (κ1) is 35.1. The lowest BCUT2D eigenvalue weighted by atomic mass is 9.52. The van der Waals surface area contributed by atoms with Gasteiger partial charge in [0, 0.05) is 38.0 Å². The standard InChI is InChI=1S/C41H56N2O7/c1-21-17-42(5)19-30-23(3)33(15-28(21)30)49-40(46)38-36(25-8-11-27(44)12-9-25)39(37(38)26-10-13-32(45)35(14-26)48-7)41(47)50-34-16-29-22(2)18-43(6)20-31(29)24(34)4/h8-14,21-24,28-31,33-34,36-39,44-45H,15-20H2,1-7H3/t21-,22-,23-,24-,28-,29-,30+,31+,33+,34+,36?,37?,38+,39+/m0/s1. The van der Waals surface area contributed by atoms with E-state index in [1.807, 2.05) is 12.1 Å². The smallest absolute Gasteiger partial charge is 0.310 e. The first-order valence-electron chi connectivity index (χ1n) is 18.8. The highest BCUT2D eigenvalue weighted by atomic mass is 16.6. The molecule has 272 valence electrons. The van der Waals surface area contributed by atoms with Crippen LogP contribution in [0.3, 0.4) is 0 Å². The molecule has 2 aliphatic heterocycles. The van der Waals surface area contributed by atoms with Gasteiger partial charge in [-0.1, -0.05) is 45.9 Å². The summed E-state index contributed by atoms with van der Waals surface area (Å²) in [5.41, 5.74) is 1.52. The number of fused-ring (bicyclic) bond motifs is 2. The largest absolute Gasteiger partial charge is 0.508 e. The molecule has 2 heterocycles. The number of methoxy groups -OCH3 is 1. The summed E-state index contributed by atoms with van der Waals surface area (Å²) in [5, 5.41) is 20.7. The summed E-state index contributed by atoms with van der Waals surface area (Å²) in [7, 11) is 5.84. The average Bonchev–Trinajstić information content (AvgIpc) is 3.54. The molecule has 0 bridgehead atoms. The monoisotopic (exact) mass is 688 g/mol. The fourth-order valence-electron chi connectivity index (χ4n) is 11.2. The second kappa shape index (κ2) is 13.7. The van der Waals surface area contributed by atoms with Crippen molar-refractivity contribution in [2.24, 2.45) is 59.2 Å². The lowest BCUT2D eigenvalue weighted by Crippen LogP contribution is -2.53. The number of hydrogen-bond acceptors (Lipinski definition) is 9. The summed E-state index contributed by atoms with van der Waals surface area (Å²) in [6.45, 7) is 13.1. The summed E-state index contributed by atoms with van der Waals surface area (Å²) in [4.78, 5) is 34.0. The Kier molecular flexibility index (Phi) is 9.61. The summed E-state index contributed by atoms with van der Waals surface area (Å²) in [6, 6.07) is 11.9. The van der Waals surface area contributed by atoms with Crippen LogP contribution in [0.25, 0.3) is 0 Å². The van der Waals surface area contributed by atoms with Crippen LogP contribution < -0.4 is 4.74 Å². The highest BCUT2D eigenvalue weighted by molar-refractivity contribution is 5.86. The highest BCUT2D eigenvalue weighted by Gasteiger charge is 2.61. The molecule has 2 aromatic carbocycles. The van der Waals surface area contributed by atoms with Gasteiger partial charge < -0.3 is 34.2 Å². The normalized spacial score (nSPS) is 40.0. The predicted octanol–water partition coefficient (Wildman–Crippen LogP) is 5.75. The van der Waals surface area contributed by atoms with Crippen molar-refractivity contribution in [3.63, 3.8) is 0 Å². The van der Waals surface area contributed by atoms with Crippen molar-refractivity contribution < 1.29 is 34.0 Å². The lowest BCUT2D eigenvalue weighted by molar-refractivity contribution is -0.175. The van der Waals surface area contributed by atoms with E-state index >= 15 is 0 Å². The Bertz CT molecular complexity index is 1500. The van der Waals surface area contributed by atoms with E-state index in [2.05, 4.69) is 51.6 Å². The Morgan fingerprint density at radius 3 is 1.60 bits per heavy atom. The van der Waals surface area contributed by atoms with Gasteiger partial charge in [-0.25, -0.2) is 0 Å². The average molecular weight is 689 g/mol. The second-order valence-corrected chi connectivity index (χ2v) is 16.8. The molecule has 5 aliphatic rings. The zero-order valence-electron chi connectivity index (χ0n) is 30.7. The third-order valence-electron chi connectivity index (χ3n) is 13.8. The molecule has 0 unspecified atom stereocenters. The maximum absolute atomic E-state index is 14.6. The maximum atomic E-state index is 14.6. The number of carbonyl (C=O) groups is 2. The quantitative estimate of drug-likeness (QED) is 0.352. The number of likely N-dealkylation sites (tertiary alicyclic amines) is 2. The van der Waals surface area contributed by atoms with Gasteiger partial charge in [0.2, 0.25) is 0 Å². The molecule has 0 amide bonds. The third-order valence-corrected chi connectivity index (χ3v) is 13.8. The van der Waals surface area contributed by atoms with Gasteiger partial charge in [0.05, 0.1) is 18.9 Å². The van der Waals surface area contributed by atoms with Gasteiger partial charge in [-0.2, -0.15) is 0 Å². The van der Waals surface area contributed by atoms with Crippen molar-refractivity contribution in [1.82, 2.24) is 9.80 Å². The molecule has 3 saturated carbocycles. The van der Waals surface area contributed by atoms with E-state index in [1.54, 1.807) is 30.3 Å². The Morgan fingerprint density at radius 1 is 0.660 bits per heavy atom. The van der Waals surface area contributed by atoms with E-state index in [0.29, 0.717) is 35.5 Å². The topological polar surface area (TPSA) is 109 Å². The van der Waals surface area contributed by atoms with Gasteiger partial charge in [-0.15, -0.1) is 0 Å². The number of esters is 2. The van der Waals surface area contributed by atoms with Crippen LogP contribution in [0.2, 0.25) is 0 Å². The summed E-state index contributed by atoms with van der Waals surface area (Å²) in [6.07, 6.45) is 1.30. The molecular weight excluding hydrogens is 632 g/mol. The molecule has 7 rings (SSSR count). The van der Waals surface area contributed by atoms with Crippen molar-refractivity contribution >= 4 is 11.9 Å². The van der Waals surface area contributed by atoms with Crippen LogP contribution in [0, 0.1) is 59.2 Å². The van der Waals surface area contributed by atoms with Gasteiger partial charge in [-0.3, -0.25) is 9.59 Å². The number of hydrogen-bond donors (Lipinski definition) is 2. The minimum absolute atomic E-state index is 0.00754. The number of benzene rings is 2. The highest BCUT2D eigenvalue weighted by Crippen LogP contribution is 2.60. The first-order valence-corrected chi connectivity index (χ1v) is 18.8. The van der Waals surface area contributed by atoms with Crippen molar-refractivity contribution in [3.8, 4) is 17.2 Å². The van der Waals surface area contributed by atoms with Crippen LogP contribution in [0.1, 0.15) is 63.5 Å². The Labute approximate surface area is 297 Å². The van der Waals surface area contributed by atoms with Crippen LogP contribution >= 0.6 is 0 Å². The number of phenols is 2. The van der Waals surface area contributed by atoms with Crippen molar-refractivity contribution in [3.05, 3.63) is 53.6 Å². The lowest BCUT2D eigenvalue weighted by Gasteiger charge is -2.50. The number of piperidine rings is 2.